The molecule has 0 aliphatic carbocycles. The van der Waals surface area contributed by atoms with Crippen molar-refractivity contribution in [3.05, 3.63) is 115 Å². The number of rotatable bonds is 5. The van der Waals surface area contributed by atoms with Crippen LogP contribution in [-0.2, 0) is 0 Å². The van der Waals surface area contributed by atoms with Gasteiger partial charge in [0.25, 0.3) is 0 Å². The topological polar surface area (TPSA) is 95.2 Å². The Bertz CT molecular complexity index is 2030. The van der Waals surface area contributed by atoms with Crippen molar-refractivity contribution in [1.82, 2.24) is 30.1 Å². The summed E-state index contributed by atoms with van der Waals surface area (Å²) in [6, 6.07) is 26.2. The van der Waals surface area contributed by atoms with Crippen LogP contribution in [0.5, 0.6) is 0 Å². The van der Waals surface area contributed by atoms with Crippen LogP contribution < -0.4 is 5.32 Å². The van der Waals surface area contributed by atoms with Crippen LogP contribution in [0.2, 0.25) is 0 Å². The van der Waals surface area contributed by atoms with Crippen molar-refractivity contribution in [2.45, 2.75) is 0 Å². The third-order valence-electron chi connectivity index (χ3n) is 6.68. The number of halogens is 1. The Balaban J connectivity index is 1.26. The molecule has 0 fully saturated rings. The Morgan fingerprint density at radius 2 is 1.68 bits per heavy atom. The van der Waals surface area contributed by atoms with Crippen LogP contribution >= 0.6 is 12.2 Å². The van der Waals surface area contributed by atoms with E-state index in [9.17, 15) is 4.39 Å². The fourth-order valence-corrected chi connectivity index (χ4v) is 4.98. The maximum atomic E-state index is 14.6. The van der Waals surface area contributed by atoms with E-state index in [1.165, 1.54) is 6.07 Å². The molecule has 0 radical (unpaired) electrons. The Kier molecular flexibility index (Phi) is 5.83. The molecule has 0 saturated heterocycles. The smallest absolute Gasteiger partial charge is 0.159 e. The molecule has 0 atom stereocenters. The van der Waals surface area contributed by atoms with Crippen molar-refractivity contribution in [2.75, 3.05) is 5.32 Å². The summed E-state index contributed by atoms with van der Waals surface area (Å²) in [6.45, 7) is 0. The van der Waals surface area contributed by atoms with Gasteiger partial charge in [-0.15, -0.1) is 0 Å². The number of thiocarbonyl (C=S) groups is 1. The summed E-state index contributed by atoms with van der Waals surface area (Å²) < 4.78 is 14.6. The number of hydrogen-bond acceptors (Lipinski definition) is 5. The predicted octanol–water partition coefficient (Wildman–Crippen LogP) is 7.16. The first-order valence-electron chi connectivity index (χ1n) is 12.5. The molecule has 0 aliphatic rings. The number of anilines is 1. The van der Waals surface area contributed by atoms with Crippen molar-refractivity contribution in [1.29, 1.82) is 0 Å². The third-order valence-corrected chi connectivity index (χ3v) is 7.02. The van der Waals surface area contributed by atoms with Gasteiger partial charge in [-0.05, 0) is 42.0 Å². The number of nitrogens with one attached hydrogen (secondary N) is 3. The van der Waals surface area contributed by atoms with Crippen LogP contribution in [0.3, 0.4) is 0 Å². The van der Waals surface area contributed by atoms with Crippen molar-refractivity contribution in [2.24, 2.45) is 0 Å². The van der Waals surface area contributed by atoms with Gasteiger partial charge >= 0.3 is 0 Å². The molecule has 192 valence electrons. The first-order chi connectivity index (χ1) is 19.6. The van der Waals surface area contributed by atoms with Gasteiger partial charge in [0.2, 0.25) is 0 Å². The quantitative estimate of drug-likeness (QED) is 0.200. The molecule has 0 aliphatic heterocycles. The lowest BCUT2D eigenvalue weighted by Gasteiger charge is -2.09. The molecule has 3 aromatic carbocycles. The van der Waals surface area contributed by atoms with Crippen LogP contribution in [-0.4, -0.2) is 35.1 Å². The molecule has 7 nitrogen and oxygen atoms in total. The average Bonchev–Trinajstić information content (AvgIpc) is 3.62. The van der Waals surface area contributed by atoms with E-state index < -0.39 is 0 Å². The second kappa shape index (κ2) is 9.79. The lowest BCUT2D eigenvalue weighted by atomic mass is 10.0. The van der Waals surface area contributed by atoms with E-state index in [4.69, 9.17) is 17.2 Å². The molecule has 4 heterocycles. The Hall–Kier alpha value is -5.28. The zero-order valence-corrected chi connectivity index (χ0v) is 21.7. The van der Waals surface area contributed by atoms with Gasteiger partial charge in [0.1, 0.15) is 27.7 Å². The number of benzene rings is 3. The summed E-state index contributed by atoms with van der Waals surface area (Å²) >= 11 is 5.57. The molecule has 0 amide bonds. The number of pyridine rings is 2. The third kappa shape index (κ3) is 4.28. The number of aromatic amines is 2. The van der Waals surface area contributed by atoms with Gasteiger partial charge in [-0.1, -0.05) is 60.7 Å². The predicted molar refractivity (Wildman–Crippen MR) is 159 cm³/mol. The standard InChI is InChI=1S/C31H20FN7S/c32-24-9-5-4-8-22(24)27-29-26(12-13-34-27)36-30(37-29)28-23-15-19(10-11-25(23)38-39-28)20-14-21(17-33-16-20)35-31(40)18-6-2-1-3-7-18/h1-17H,(H,35,40)(H,36,37)(H,38,39). The minimum absolute atomic E-state index is 0.350. The van der Waals surface area contributed by atoms with Gasteiger partial charge < -0.3 is 10.3 Å². The van der Waals surface area contributed by atoms with Gasteiger partial charge in [0.05, 0.1) is 22.9 Å². The number of aromatic nitrogens is 6. The molecule has 3 N–H and O–H groups in total. The summed E-state index contributed by atoms with van der Waals surface area (Å²) in [6.07, 6.45) is 5.20. The van der Waals surface area contributed by atoms with Crippen molar-refractivity contribution in [3.8, 4) is 33.9 Å². The highest BCUT2D eigenvalue weighted by Crippen LogP contribution is 2.33. The minimum Gasteiger partial charge on any atom is -0.345 e. The van der Waals surface area contributed by atoms with E-state index in [1.54, 1.807) is 30.6 Å². The monoisotopic (exact) mass is 541 g/mol. The zero-order valence-electron chi connectivity index (χ0n) is 20.9. The fourth-order valence-electron chi connectivity index (χ4n) is 4.73. The highest BCUT2D eigenvalue weighted by molar-refractivity contribution is 7.81. The van der Waals surface area contributed by atoms with Crippen molar-refractivity contribution in [3.63, 3.8) is 0 Å². The maximum absolute atomic E-state index is 14.6. The van der Waals surface area contributed by atoms with E-state index in [-0.39, 0.29) is 5.82 Å². The van der Waals surface area contributed by atoms with E-state index in [1.807, 2.05) is 66.9 Å². The minimum atomic E-state index is -0.350. The average molecular weight is 542 g/mol. The van der Waals surface area contributed by atoms with Gasteiger partial charge in [0, 0.05) is 34.5 Å². The SMILES string of the molecule is Fc1ccccc1-c1nccc2[nH]c(-c3n[nH]c4ccc(-c5cncc(NC(=S)c6ccccc6)c5)cc34)nc12. The van der Waals surface area contributed by atoms with Crippen LogP contribution in [0.4, 0.5) is 10.1 Å². The maximum Gasteiger partial charge on any atom is 0.159 e. The molecule has 0 bridgehead atoms. The molecule has 0 saturated carbocycles. The van der Waals surface area contributed by atoms with Gasteiger partial charge in [0.15, 0.2) is 5.82 Å². The Labute approximate surface area is 233 Å². The summed E-state index contributed by atoms with van der Waals surface area (Å²) in [5.74, 6) is 0.211. The molecular weight excluding hydrogens is 521 g/mol. The van der Waals surface area contributed by atoms with Crippen LogP contribution in [0.15, 0.2) is 104 Å². The highest BCUT2D eigenvalue weighted by Gasteiger charge is 2.18. The molecular formula is C31H20FN7S. The van der Waals surface area contributed by atoms with Gasteiger partial charge in [-0.25, -0.2) is 9.37 Å². The first kappa shape index (κ1) is 23.8. The normalized spacial score (nSPS) is 11.2. The lowest BCUT2D eigenvalue weighted by molar-refractivity contribution is 0.631. The second-order valence-corrected chi connectivity index (χ2v) is 9.64. The lowest BCUT2D eigenvalue weighted by Crippen LogP contribution is -2.10. The molecule has 7 rings (SSSR count). The summed E-state index contributed by atoms with van der Waals surface area (Å²) in [7, 11) is 0. The summed E-state index contributed by atoms with van der Waals surface area (Å²) in [5, 5.41) is 11.8. The van der Waals surface area contributed by atoms with Gasteiger partial charge in [-0.3, -0.25) is 15.1 Å². The van der Waals surface area contributed by atoms with E-state index in [0.717, 1.165) is 38.8 Å². The van der Waals surface area contributed by atoms with Gasteiger partial charge in [-0.2, -0.15) is 5.10 Å². The molecule has 9 heteroatoms. The van der Waals surface area contributed by atoms with Crippen LogP contribution in [0.25, 0.3) is 55.8 Å². The fraction of sp³-hybridized carbons (Fsp3) is 0. The number of H-pyrrole nitrogens is 2. The van der Waals surface area contributed by atoms with Crippen molar-refractivity contribution < 1.29 is 4.39 Å². The van der Waals surface area contributed by atoms with E-state index in [0.29, 0.717) is 33.3 Å². The molecule has 7 aromatic rings. The van der Waals surface area contributed by atoms with Crippen molar-refractivity contribution >= 4 is 44.8 Å². The highest BCUT2D eigenvalue weighted by atomic mass is 32.1. The van der Waals surface area contributed by atoms with E-state index in [2.05, 4.69) is 30.5 Å². The number of fused-ring (bicyclic) bond motifs is 2. The van der Waals surface area contributed by atoms with E-state index >= 15 is 0 Å². The molecule has 40 heavy (non-hydrogen) atoms. The number of hydrogen-bond donors (Lipinski definition) is 3. The largest absolute Gasteiger partial charge is 0.345 e. The zero-order chi connectivity index (χ0) is 27.1. The summed E-state index contributed by atoms with van der Waals surface area (Å²) in [5.41, 5.74) is 7.32. The molecule has 4 aromatic heterocycles. The summed E-state index contributed by atoms with van der Waals surface area (Å²) in [4.78, 5) is 17.6. The Morgan fingerprint density at radius 3 is 2.55 bits per heavy atom. The first-order valence-corrected chi connectivity index (χ1v) is 12.9. The molecule has 0 unspecified atom stereocenters. The number of nitrogens with zero attached hydrogens (tertiary/aromatic N) is 4. The molecule has 0 spiro atoms. The second-order valence-electron chi connectivity index (χ2n) is 9.24. The van der Waals surface area contributed by atoms with Crippen LogP contribution in [0, 0.1) is 5.82 Å². The Morgan fingerprint density at radius 1 is 0.825 bits per heavy atom. The number of imidazole rings is 1. The van der Waals surface area contributed by atoms with Crippen LogP contribution in [0.1, 0.15) is 5.56 Å².